The molecule has 1 unspecified atom stereocenters. The van der Waals surface area contributed by atoms with Gasteiger partial charge in [0.15, 0.2) is 0 Å². The molecule has 1 rings (SSSR count). The van der Waals surface area contributed by atoms with Gasteiger partial charge in [-0.1, -0.05) is 26.2 Å². The quantitative estimate of drug-likeness (QED) is 0.516. The molecule has 0 heterocycles. The average molecular weight is 197 g/mol. The molecular formula is C10H19N3O. The lowest BCUT2D eigenvalue weighted by molar-refractivity contribution is 0.249. The first-order valence-electron chi connectivity index (χ1n) is 5.33. The number of urea groups is 1. The molecule has 0 aromatic rings. The third kappa shape index (κ3) is 3.77. The van der Waals surface area contributed by atoms with Gasteiger partial charge in [-0.2, -0.15) is 5.10 Å². The molecule has 4 heteroatoms. The third-order valence-corrected chi connectivity index (χ3v) is 2.75. The molecule has 0 spiro atoms. The van der Waals surface area contributed by atoms with Crippen LogP contribution in [-0.4, -0.2) is 11.7 Å². The maximum atomic E-state index is 10.5. The molecule has 3 N–H and O–H groups in total. The van der Waals surface area contributed by atoms with Gasteiger partial charge in [-0.25, -0.2) is 10.2 Å². The molecule has 0 saturated heterocycles. The van der Waals surface area contributed by atoms with E-state index < -0.39 is 6.03 Å². The number of nitrogens with one attached hydrogen (secondary N) is 1. The SMILES string of the molecule is CCC1CCCC/C(=N/NC(N)=O)C1. The van der Waals surface area contributed by atoms with Crippen LogP contribution in [-0.2, 0) is 0 Å². The Hall–Kier alpha value is -1.06. The molecule has 14 heavy (non-hydrogen) atoms. The largest absolute Gasteiger partial charge is 0.350 e. The molecule has 1 fully saturated rings. The van der Waals surface area contributed by atoms with Crippen LogP contribution >= 0.6 is 0 Å². The Labute approximate surface area is 84.9 Å². The lowest BCUT2D eigenvalue weighted by Gasteiger charge is -2.10. The summed E-state index contributed by atoms with van der Waals surface area (Å²) in [5.74, 6) is 0.728. The Morgan fingerprint density at radius 3 is 3.07 bits per heavy atom. The fraction of sp³-hybridized carbons (Fsp3) is 0.800. The summed E-state index contributed by atoms with van der Waals surface area (Å²) >= 11 is 0. The summed E-state index contributed by atoms with van der Waals surface area (Å²) in [6.45, 7) is 2.20. The van der Waals surface area contributed by atoms with Gasteiger partial charge in [0.25, 0.3) is 0 Å². The monoisotopic (exact) mass is 197 g/mol. The molecule has 0 aromatic carbocycles. The van der Waals surface area contributed by atoms with Crippen molar-refractivity contribution in [2.75, 3.05) is 0 Å². The zero-order valence-corrected chi connectivity index (χ0v) is 8.75. The number of nitrogens with two attached hydrogens (primary N) is 1. The normalized spacial score (nSPS) is 25.8. The van der Waals surface area contributed by atoms with Gasteiger partial charge >= 0.3 is 6.03 Å². The second kappa shape index (κ2) is 5.62. The first kappa shape index (κ1) is 11.0. The lowest BCUT2D eigenvalue weighted by Crippen LogP contribution is -2.26. The minimum atomic E-state index is -0.574. The Morgan fingerprint density at radius 1 is 1.64 bits per heavy atom. The standard InChI is InChI=1S/C10H19N3O/c1-2-8-5-3-4-6-9(7-8)12-13-10(11)14/h8H,2-7H2,1H3,(H3,11,13,14)/b12-9-. The molecular weight excluding hydrogens is 178 g/mol. The van der Waals surface area contributed by atoms with E-state index in [9.17, 15) is 4.79 Å². The predicted octanol–water partition coefficient (Wildman–Crippen LogP) is 2.00. The molecule has 80 valence electrons. The maximum Gasteiger partial charge on any atom is 0.332 e. The Balaban J connectivity index is 2.49. The van der Waals surface area contributed by atoms with Crippen molar-refractivity contribution in [3.8, 4) is 0 Å². The van der Waals surface area contributed by atoms with Crippen molar-refractivity contribution >= 4 is 11.7 Å². The van der Waals surface area contributed by atoms with Crippen LogP contribution in [0.4, 0.5) is 4.79 Å². The van der Waals surface area contributed by atoms with Crippen LogP contribution in [0, 0.1) is 5.92 Å². The summed E-state index contributed by atoms with van der Waals surface area (Å²) in [6.07, 6.45) is 6.93. The second-order valence-electron chi connectivity index (χ2n) is 3.88. The first-order valence-corrected chi connectivity index (χ1v) is 5.33. The highest BCUT2D eigenvalue weighted by molar-refractivity contribution is 5.86. The minimum absolute atomic E-state index is 0.574. The molecule has 0 bridgehead atoms. The number of hydrogen-bond donors (Lipinski definition) is 2. The molecule has 0 aliphatic heterocycles. The Morgan fingerprint density at radius 2 is 2.43 bits per heavy atom. The van der Waals surface area contributed by atoms with Gasteiger partial charge in [0.2, 0.25) is 0 Å². The molecule has 1 aliphatic carbocycles. The predicted molar refractivity (Wildman–Crippen MR) is 57.0 cm³/mol. The summed E-state index contributed by atoms with van der Waals surface area (Å²) in [4.78, 5) is 10.5. The average Bonchev–Trinajstić information content (AvgIpc) is 2.39. The molecule has 1 aliphatic rings. The van der Waals surface area contributed by atoms with Gasteiger partial charge < -0.3 is 5.73 Å². The van der Waals surface area contributed by atoms with E-state index in [0.29, 0.717) is 0 Å². The molecule has 2 amide bonds. The van der Waals surface area contributed by atoms with E-state index in [2.05, 4.69) is 17.5 Å². The number of nitrogens with zero attached hydrogens (tertiary/aromatic N) is 1. The zero-order chi connectivity index (χ0) is 10.4. The van der Waals surface area contributed by atoms with E-state index in [1.807, 2.05) is 0 Å². The number of hydrogen-bond acceptors (Lipinski definition) is 2. The molecule has 1 atom stereocenters. The van der Waals surface area contributed by atoms with E-state index in [1.165, 1.54) is 25.7 Å². The van der Waals surface area contributed by atoms with Crippen LogP contribution in [0.2, 0.25) is 0 Å². The van der Waals surface area contributed by atoms with Gasteiger partial charge in [-0.15, -0.1) is 0 Å². The summed E-state index contributed by atoms with van der Waals surface area (Å²) in [7, 11) is 0. The van der Waals surface area contributed by atoms with Crippen molar-refractivity contribution in [1.29, 1.82) is 0 Å². The van der Waals surface area contributed by atoms with Crippen LogP contribution in [0.3, 0.4) is 0 Å². The van der Waals surface area contributed by atoms with Gasteiger partial charge in [0.05, 0.1) is 0 Å². The Kier molecular flexibility index (Phi) is 4.43. The van der Waals surface area contributed by atoms with Gasteiger partial charge in [0, 0.05) is 5.71 Å². The number of hydrazone groups is 1. The summed E-state index contributed by atoms with van der Waals surface area (Å²) < 4.78 is 0. The van der Waals surface area contributed by atoms with E-state index in [0.717, 1.165) is 24.5 Å². The lowest BCUT2D eigenvalue weighted by atomic mass is 9.97. The van der Waals surface area contributed by atoms with Crippen LogP contribution in [0.25, 0.3) is 0 Å². The Bertz CT molecular complexity index is 225. The molecule has 1 saturated carbocycles. The van der Waals surface area contributed by atoms with Crippen LogP contribution in [0.15, 0.2) is 5.10 Å². The fourth-order valence-electron chi connectivity index (χ4n) is 1.88. The highest BCUT2D eigenvalue weighted by Gasteiger charge is 2.14. The van der Waals surface area contributed by atoms with Gasteiger partial charge in [-0.3, -0.25) is 0 Å². The molecule has 0 radical (unpaired) electrons. The van der Waals surface area contributed by atoms with Crippen LogP contribution in [0.5, 0.6) is 0 Å². The van der Waals surface area contributed by atoms with Crippen molar-refractivity contribution in [2.45, 2.75) is 45.4 Å². The van der Waals surface area contributed by atoms with E-state index in [4.69, 9.17) is 5.73 Å². The highest BCUT2D eigenvalue weighted by Crippen LogP contribution is 2.23. The number of primary amides is 1. The second-order valence-corrected chi connectivity index (χ2v) is 3.88. The number of carbonyl (C=O) groups excluding carboxylic acids is 1. The summed E-state index contributed by atoms with van der Waals surface area (Å²) in [5, 5.41) is 4.03. The van der Waals surface area contributed by atoms with Crippen molar-refractivity contribution < 1.29 is 4.79 Å². The molecule has 4 nitrogen and oxygen atoms in total. The summed E-state index contributed by atoms with van der Waals surface area (Å²) in [5.41, 5.74) is 8.36. The number of amides is 2. The maximum absolute atomic E-state index is 10.5. The number of rotatable bonds is 2. The van der Waals surface area contributed by atoms with Crippen molar-refractivity contribution in [1.82, 2.24) is 5.43 Å². The van der Waals surface area contributed by atoms with Crippen molar-refractivity contribution in [3.63, 3.8) is 0 Å². The fourth-order valence-corrected chi connectivity index (χ4v) is 1.88. The van der Waals surface area contributed by atoms with Gasteiger partial charge in [0.1, 0.15) is 0 Å². The minimum Gasteiger partial charge on any atom is -0.350 e. The van der Waals surface area contributed by atoms with Crippen molar-refractivity contribution in [2.24, 2.45) is 16.8 Å². The van der Waals surface area contributed by atoms with Crippen LogP contribution < -0.4 is 11.2 Å². The van der Waals surface area contributed by atoms with E-state index in [-0.39, 0.29) is 0 Å². The summed E-state index contributed by atoms with van der Waals surface area (Å²) in [6, 6.07) is -0.574. The third-order valence-electron chi connectivity index (χ3n) is 2.75. The smallest absolute Gasteiger partial charge is 0.332 e. The topological polar surface area (TPSA) is 67.5 Å². The van der Waals surface area contributed by atoms with Crippen molar-refractivity contribution in [3.05, 3.63) is 0 Å². The van der Waals surface area contributed by atoms with E-state index >= 15 is 0 Å². The highest BCUT2D eigenvalue weighted by atomic mass is 16.2. The van der Waals surface area contributed by atoms with Gasteiger partial charge in [-0.05, 0) is 25.2 Å². The van der Waals surface area contributed by atoms with Crippen LogP contribution in [0.1, 0.15) is 45.4 Å². The zero-order valence-electron chi connectivity index (χ0n) is 8.75. The van der Waals surface area contributed by atoms with E-state index in [1.54, 1.807) is 0 Å². The first-order chi connectivity index (χ1) is 6.72. The number of carbonyl (C=O) groups is 1. The molecule has 0 aromatic heterocycles.